The third-order valence-corrected chi connectivity index (χ3v) is 6.96. The number of pyridine rings is 1. The molecule has 0 saturated carbocycles. The molecule has 1 aliphatic carbocycles. The Morgan fingerprint density at radius 2 is 2.06 bits per heavy atom. The number of hydrogen-bond acceptors (Lipinski definition) is 8. The van der Waals surface area contributed by atoms with Gasteiger partial charge < -0.3 is 15.0 Å². The van der Waals surface area contributed by atoms with Crippen LogP contribution in [0.3, 0.4) is 0 Å². The Morgan fingerprint density at radius 1 is 1.21 bits per heavy atom. The van der Waals surface area contributed by atoms with Gasteiger partial charge in [0.05, 0.1) is 18.9 Å². The number of aromatic nitrogens is 5. The third kappa shape index (κ3) is 4.99. The van der Waals surface area contributed by atoms with Crippen molar-refractivity contribution < 1.29 is 4.74 Å². The first-order valence-electron chi connectivity index (χ1n) is 11.5. The van der Waals surface area contributed by atoms with Gasteiger partial charge in [-0.05, 0) is 48.6 Å². The molecule has 4 heterocycles. The summed E-state index contributed by atoms with van der Waals surface area (Å²) in [7, 11) is 0. The Morgan fingerprint density at radius 3 is 2.88 bits per heavy atom. The predicted octanol–water partition coefficient (Wildman–Crippen LogP) is 3.95. The van der Waals surface area contributed by atoms with E-state index in [9.17, 15) is 0 Å². The van der Waals surface area contributed by atoms with Gasteiger partial charge in [0.15, 0.2) is 5.16 Å². The summed E-state index contributed by atoms with van der Waals surface area (Å²) >= 11 is 1.55. The van der Waals surface area contributed by atoms with Crippen LogP contribution in [0.4, 0.5) is 11.6 Å². The summed E-state index contributed by atoms with van der Waals surface area (Å²) in [5, 5.41) is 12.2. The van der Waals surface area contributed by atoms with Crippen molar-refractivity contribution in [2.45, 2.75) is 44.8 Å². The summed E-state index contributed by atoms with van der Waals surface area (Å²) in [5.41, 5.74) is 5.85. The lowest BCUT2D eigenvalue weighted by atomic mass is 9.76. The largest absolute Gasteiger partial charge is 0.378 e. The number of rotatable bonds is 6. The molecule has 0 radical (unpaired) electrons. The maximum atomic E-state index is 5.46. The van der Waals surface area contributed by atoms with Crippen molar-refractivity contribution in [3.8, 4) is 11.4 Å². The normalized spacial score (nSPS) is 17.6. The highest BCUT2D eigenvalue weighted by Gasteiger charge is 2.29. The van der Waals surface area contributed by atoms with Crippen molar-refractivity contribution in [1.29, 1.82) is 0 Å². The standard InChI is InChI=1S/C24H31N7OS/c1-24(2)6-4-17-19(14-24)29-30-22(17)18-13-20(28-23(27-18)33-3)26-15-16-5-7-25-21(12-16)31-8-10-32-11-9-31/h5,7,12-13H,4,6,8-11,14-15H2,1-3H3,(H,29,30)(H,26,27,28). The van der Waals surface area contributed by atoms with E-state index in [4.69, 9.17) is 9.72 Å². The first-order valence-corrected chi connectivity index (χ1v) is 12.7. The molecule has 8 nitrogen and oxygen atoms in total. The van der Waals surface area contributed by atoms with Crippen molar-refractivity contribution in [2.75, 3.05) is 42.8 Å². The van der Waals surface area contributed by atoms with Crippen molar-refractivity contribution in [1.82, 2.24) is 25.1 Å². The van der Waals surface area contributed by atoms with E-state index < -0.39 is 0 Å². The van der Waals surface area contributed by atoms with Crippen molar-refractivity contribution in [3.05, 3.63) is 41.2 Å². The molecule has 2 N–H and O–H groups in total. The van der Waals surface area contributed by atoms with Gasteiger partial charge in [0.2, 0.25) is 0 Å². The van der Waals surface area contributed by atoms with Crippen LogP contribution in [-0.4, -0.2) is 57.7 Å². The summed E-state index contributed by atoms with van der Waals surface area (Å²) in [6.07, 6.45) is 7.08. The molecule has 1 saturated heterocycles. The number of anilines is 2. The molecule has 3 aromatic rings. The number of aromatic amines is 1. The zero-order valence-corrected chi connectivity index (χ0v) is 20.3. The summed E-state index contributed by atoms with van der Waals surface area (Å²) in [6, 6.07) is 6.20. The summed E-state index contributed by atoms with van der Waals surface area (Å²) in [4.78, 5) is 16.3. The van der Waals surface area contributed by atoms with Crippen LogP contribution in [0.15, 0.2) is 29.6 Å². The molecule has 3 aromatic heterocycles. The molecule has 174 valence electrons. The molecule has 0 aromatic carbocycles. The molecule has 1 fully saturated rings. The van der Waals surface area contributed by atoms with Crippen LogP contribution in [0.5, 0.6) is 0 Å². The number of fused-ring (bicyclic) bond motifs is 1. The molecular formula is C24H31N7OS. The van der Waals surface area contributed by atoms with E-state index in [1.165, 1.54) is 11.3 Å². The number of nitrogens with one attached hydrogen (secondary N) is 2. The molecule has 5 rings (SSSR count). The lowest BCUT2D eigenvalue weighted by Crippen LogP contribution is -2.36. The maximum Gasteiger partial charge on any atom is 0.189 e. The van der Waals surface area contributed by atoms with Crippen molar-refractivity contribution in [2.24, 2.45) is 5.41 Å². The first-order chi connectivity index (χ1) is 16.0. The van der Waals surface area contributed by atoms with E-state index >= 15 is 0 Å². The van der Waals surface area contributed by atoms with Gasteiger partial charge in [-0.2, -0.15) is 5.10 Å². The SMILES string of the molecule is CSc1nc(NCc2ccnc(N3CCOCC3)c2)cc(-c2n[nH]c3c2CCC(C)(C)C3)n1. The quantitative estimate of drug-likeness (QED) is 0.418. The number of H-pyrrole nitrogens is 1. The van der Waals surface area contributed by atoms with Crippen LogP contribution >= 0.6 is 11.8 Å². The van der Waals surface area contributed by atoms with Gasteiger partial charge in [-0.3, -0.25) is 5.10 Å². The van der Waals surface area contributed by atoms with Gasteiger partial charge in [0.1, 0.15) is 17.3 Å². The van der Waals surface area contributed by atoms with E-state index in [0.717, 1.165) is 79.3 Å². The molecule has 0 bridgehead atoms. The Labute approximate surface area is 199 Å². The zero-order chi connectivity index (χ0) is 22.8. The van der Waals surface area contributed by atoms with Crippen molar-refractivity contribution >= 4 is 23.4 Å². The number of thioether (sulfide) groups is 1. The summed E-state index contributed by atoms with van der Waals surface area (Å²) in [5.74, 6) is 1.80. The average molecular weight is 466 g/mol. The van der Waals surface area contributed by atoms with Crippen LogP contribution in [0.25, 0.3) is 11.4 Å². The summed E-state index contributed by atoms with van der Waals surface area (Å²) < 4.78 is 5.46. The van der Waals surface area contributed by atoms with Crippen LogP contribution in [-0.2, 0) is 24.1 Å². The van der Waals surface area contributed by atoms with Crippen LogP contribution in [0.2, 0.25) is 0 Å². The lowest BCUT2D eigenvalue weighted by molar-refractivity contribution is 0.122. The number of morpholine rings is 1. The van der Waals surface area contributed by atoms with Gasteiger partial charge in [0.25, 0.3) is 0 Å². The number of hydrogen-bond donors (Lipinski definition) is 2. The molecule has 1 aliphatic heterocycles. The first kappa shape index (κ1) is 22.2. The molecule has 0 unspecified atom stereocenters. The number of nitrogens with zero attached hydrogens (tertiary/aromatic N) is 5. The minimum absolute atomic E-state index is 0.310. The molecule has 9 heteroatoms. The van der Waals surface area contributed by atoms with Gasteiger partial charge >= 0.3 is 0 Å². The van der Waals surface area contributed by atoms with E-state index in [2.05, 4.69) is 50.3 Å². The second-order valence-corrected chi connectivity index (χ2v) is 10.2. The smallest absolute Gasteiger partial charge is 0.189 e. The molecular weight excluding hydrogens is 434 g/mol. The highest BCUT2D eigenvalue weighted by Crippen LogP contribution is 2.37. The van der Waals surface area contributed by atoms with E-state index in [1.54, 1.807) is 11.8 Å². The monoisotopic (exact) mass is 465 g/mol. The lowest BCUT2D eigenvalue weighted by Gasteiger charge is -2.29. The molecule has 33 heavy (non-hydrogen) atoms. The third-order valence-electron chi connectivity index (χ3n) is 6.41. The minimum atomic E-state index is 0.310. The van der Waals surface area contributed by atoms with Gasteiger partial charge in [0, 0.05) is 43.2 Å². The fourth-order valence-electron chi connectivity index (χ4n) is 4.52. The Hall–Kier alpha value is -2.65. The van der Waals surface area contributed by atoms with Crippen LogP contribution < -0.4 is 10.2 Å². The fraction of sp³-hybridized carbons (Fsp3) is 0.500. The minimum Gasteiger partial charge on any atom is -0.378 e. The van der Waals surface area contributed by atoms with Crippen LogP contribution in [0, 0.1) is 5.41 Å². The molecule has 2 aliphatic rings. The Kier molecular flexibility index (Phi) is 6.25. The Balaban J connectivity index is 1.35. The molecule has 0 atom stereocenters. The topological polar surface area (TPSA) is 91.9 Å². The highest BCUT2D eigenvalue weighted by atomic mass is 32.2. The fourth-order valence-corrected chi connectivity index (χ4v) is 4.90. The van der Waals surface area contributed by atoms with Crippen molar-refractivity contribution in [3.63, 3.8) is 0 Å². The summed E-state index contributed by atoms with van der Waals surface area (Å²) in [6.45, 7) is 8.55. The van der Waals surface area contributed by atoms with Gasteiger partial charge in [-0.25, -0.2) is 15.0 Å². The van der Waals surface area contributed by atoms with Gasteiger partial charge in [-0.1, -0.05) is 25.6 Å². The second-order valence-electron chi connectivity index (χ2n) is 9.47. The maximum absolute atomic E-state index is 5.46. The highest BCUT2D eigenvalue weighted by molar-refractivity contribution is 7.98. The molecule has 0 spiro atoms. The predicted molar refractivity (Wildman–Crippen MR) is 132 cm³/mol. The van der Waals surface area contributed by atoms with Gasteiger partial charge in [-0.15, -0.1) is 0 Å². The number of ether oxygens (including phenoxy) is 1. The average Bonchev–Trinajstić information content (AvgIpc) is 3.25. The van der Waals surface area contributed by atoms with E-state index in [1.807, 2.05) is 24.6 Å². The molecule has 0 amide bonds. The Bertz CT molecular complexity index is 1120. The zero-order valence-electron chi connectivity index (χ0n) is 19.5. The second kappa shape index (κ2) is 9.30. The van der Waals surface area contributed by atoms with Crippen LogP contribution in [0.1, 0.15) is 37.1 Å². The van der Waals surface area contributed by atoms with E-state index in [-0.39, 0.29) is 0 Å². The van der Waals surface area contributed by atoms with E-state index in [0.29, 0.717) is 12.0 Å².